The zero-order valence-electron chi connectivity index (χ0n) is 19.7. The first-order chi connectivity index (χ1) is 18.2. The standard InChI is InChI=1S/C27H21F4N5OS/c28-21-10-6-17(27(29,30)31)12-22(21)36-26(37)35-19-8-3-15(4-9-19)20-14-38-24-16(13-34-25(32)23(20)24)5-7-18-2-1-11-33-18/h3-4,6,8-10,12-14,18,33H,1-2,11H2,(H2,32,34)(H2,35,36,37). The Morgan fingerprint density at radius 3 is 2.66 bits per heavy atom. The quantitative estimate of drug-likeness (QED) is 0.178. The first kappa shape index (κ1) is 25.5. The third-order valence-corrected chi connectivity index (χ3v) is 7.07. The van der Waals surface area contributed by atoms with E-state index in [0.29, 0.717) is 29.7 Å². The van der Waals surface area contributed by atoms with Crippen LogP contribution < -0.4 is 21.7 Å². The number of carbonyl (C=O) groups excluding carboxylic acids is 1. The number of rotatable bonds is 3. The van der Waals surface area contributed by atoms with E-state index in [2.05, 4.69) is 32.8 Å². The van der Waals surface area contributed by atoms with Crippen molar-refractivity contribution >= 4 is 44.6 Å². The van der Waals surface area contributed by atoms with Gasteiger partial charge in [-0.1, -0.05) is 24.0 Å². The van der Waals surface area contributed by atoms with E-state index in [-0.39, 0.29) is 6.04 Å². The van der Waals surface area contributed by atoms with Crippen LogP contribution in [0.4, 0.5) is 39.5 Å². The summed E-state index contributed by atoms with van der Waals surface area (Å²) < 4.78 is 53.6. The van der Waals surface area contributed by atoms with Crippen LogP contribution in [0, 0.1) is 17.7 Å². The zero-order chi connectivity index (χ0) is 26.9. The van der Waals surface area contributed by atoms with Crippen molar-refractivity contribution in [3.8, 4) is 23.0 Å². The van der Waals surface area contributed by atoms with Crippen LogP contribution in [0.25, 0.3) is 21.2 Å². The van der Waals surface area contributed by atoms with Gasteiger partial charge in [0.15, 0.2) is 0 Å². The summed E-state index contributed by atoms with van der Waals surface area (Å²) in [5.41, 5.74) is 7.41. The Labute approximate surface area is 219 Å². The lowest BCUT2D eigenvalue weighted by Gasteiger charge is -2.12. The molecule has 0 spiro atoms. The fourth-order valence-electron chi connectivity index (χ4n) is 4.16. The maximum absolute atomic E-state index is 13.9. The average Bonchev–Trinajstić information content (AvgIpc) is 3.56. The van der Waals surface area contributed by atoms with Crippen LogP contribution in [0.15, 0.2) is 54.0 Å². The van der Waals surface area contributed by atoms with Gasteiger partial charge >= 0.3 is 12.2 Å². The highest BCUT2D eigenvalue weighted by Gasteiger charge is 2.31. The number of nitrogens with zero attached hydrogens (tertiary/aromatic N) is 1. The smallest absolute Gasteiger partial charge is 0.383 e. The second kappa shape index (κ2) is 10.3. The number of nitrogens with two attached hydrogens (primary N) is 1. The van der Waals surface area contributed by atoms with E-state index >= 15 is 0 Å². The summed E-state index contributed by atoms with van der Waals surface area (Å²) in [4.78, 5) is 16.6. The number of thiophene rings is 1. The van der Waals surface area contributed by atoms with Crippen LogP contribution in [0.1, 0.15) is 24.0 Å². The van der Waals surface area contributed by atoms with E-state index in [9.17, 15) is 22.4 Å². The van der Waals surface area contributed by atoms with Crippen LogP contribution in [0.2, 0.25) is 0 Å². The maximum atomic E-state index is 13.9. The maximum Gasteiger partial charge on any atom is 0.416 e. The van der Waals surface area contributed by atoms with Crippen molar-refractivity contribution in [2.24, 2.45) is 0 Å². The minimum Gasteiger partial charge on any atom is -0.383 e. The number of nitrogens with one attached hydrogen (secondary N) is 3. The number of carbonyl (C=O) groups is 1. The Hall–Kier alpha value is -4.14. The molecular weight excluding hydrogens is 518 g/mol. The van der Waals surface area contributed by atoms with Crippen molar-refractivity contribution in [2.75, 3.05) is 22.9 Å². The van der Waals surface area contributed by atoms with Crippen molar-refractivity contribution in [1.29, 1.82) is 0 Å². The van der Waals surface area contributed by atoms with Gasteiger partial charge in [-0.15, -0.1) is 11.3 Å². The van der Waals surface area contributed by atoms with Gasteiger partial charge in [0.1, 0.15) is 11.6 Å². The van der Waals surface area contributed by atoms with Gasteiger partial charge in [0.25, 0.3) is 0 Å². The first-order valence-corrected chi connectivity index (χ1v) is 12.5. The monoisotopic (exact) mass is 539 g/mol. The predicted octanol–water partition coefficient (Wildman–Crippen LogP) is 6.45. The number of hydrogen-bond acceptors (Lipinski definition) is 5. The molecule has 0 radical (unpaired) electrons. The van der Waals surface area contributed by atoms with E-state index in [0.717, 1.165) is 46.2 Å². The molecule has 0 bridgehead atoms. The topological polar surface area (TPSA) is 92.1 Å². The molecule has 1 aliphatic heterocycles. The molecule has 2 aromatic heterocycles. The molecule has 38 heavy (non-hydrogen) atoms. The molecule has 1 atom stereocenters. The minimum atomic E-state index is -4.66. The lowest BCUT2D eigenvalue weighted by Crippen LogP contribution is -2.20. The number of alkyl halides is 3. The van der Waals surface area contributed by atoms with Crippen molar-refractivity contribution in [1.82, 2.24) is 10.3 Å². The van der Waals surface area contributed by atoms with Gasteiger partial charge < -0.3 is 21.7 Å². The van der Waals surface area contributed by atoms with Crippen molar-refractivity contribution in [3.63, 3.8) is 0 Å². The van der Waals surface area contributed by atoms with E-state index in [1.807, 2.05) is 5.38 Å². The Morgan fingerprint density at radius 2 is 1.95 bits per heavy atom. The molecule has 3 heterocycles. The average molecular weight is 540 g/mol. The number of anilines is 3. The van der Waals surface area contributed by atoms with E-state index in [4.69, 9.17) is 5.73 Å². The highest BCUT2D eigenvalue weighted by Crippen LogP contribution is 2.38. The number of hydrogen-bond donors (Lipinski definition) is 4. The van der Waals surface area contributed by atoms with E-state index < -0.39 is 29.3 Å². The van der Waals surface area contributed by atoms with E-state index in [1.165, 1.54) is 11.3 Å². The fourth-order valence-corrected chi connectivity index (χ4v) is 5.21. The molecule has 1 unspecified atom stereocenters. The molecule has 194 valence electrons. The largest absolute Gasteiger partial charge is 0.416 e. The number of halogens is 4. The number of fused-ring (bicyclic) bond motifs is 1. The van der Waals surface area contributed by atoms with Crippen molar-refractivity contribution in [2.45, 2.75) is 25.1 Å². The zero-order valence-corrected chi connectivity index (χ0v) is 20.6. The SMILES string of the molecule is Nc1ncc(C#CC2CCCN2)c2scc(-c3ccc(NC(=O)Nc4cc(C(F)(F)F)ccc4F)cc3)c12. The molecule has 0 saturated carbocycles. The fraction of sp³-hybridized carbons (Fsp3) is 0.185. The number of amides is 2. The van der Waals surface area contributed by atoms with Gasteiger partial charge in [-0.3, -0.25) is 0 Å². The normalized spacial score (nSPS) is 15.2. The van der Waals surface area contributed by atoms with Crippen LogP contribution in [-0.4, -0.2) is 23.6 Å². The van der Waals surface area contributed by atoms with Gasteiger partial charge in [0.2, 0.25) is 0 Å². The molecule has 2 amide bonds. The number of pyridine rings is 1. The summed E-state index contributed by atoms with van der Waals surface area (Å²) in [6, 6.07) is 7.87. The molecule has 1 fully saturated rings. The van der Waals surface area contributed by atoms with Gasteiger partial charge in [-0.25, -0.2) is 14.2 Å². The molecule has 0 aliphatic carbocycles. The molecule has 1 saturated heterocycles. The number of aromatic nitrogens is 1. The van der Waals surface area contributed by atoms with Gasteiger partial charge in [-0.2, -0.15) is 13.2 Å². The third-order valence-electron chi connectivity index (χ3n) is 6.06. The second-order valence-electron chi connectivity index (χ2n) is 8.68. The van der Waals surface area contributed by atoms with Gasteiger partial charge in [-0.05, 0) is 60.7 Å². The van der Waals surface area contributed by atoms with E-state index in [1.54, 1.807) is 30.5 Å². The number of urea groups is 1. The van der Waals surface area contributed by atoms with Crippen LogP contribution in [0.3, 0.4) is 0 Å². The van der Waals surface area contributed by atoms with Gasteiger partial charge in [0, 0.05) is 22.8 Å². The highest BCUT2D eigenvalue weighted by molar-refractivity contribution is 7.18. The lowest BCUT2D eigenvalue weighted by atomic mass is 10.0. The summed E-state index contributed by atoms with van der Waals surface area (Å²) in [7, 11) is 0. The second-order valence-corrected chi connectivity index (χ2v) is 9.56. The summed E-state index contributed by atoms with van der Waals surface area (Å²) in [5.74, 6) is 5.88. The van der Waals surface area contributed by atoms with Crippen LogP contribution in [0.5, 0.6) is 0 Å². The Balaban J connectivity index is 1.33. The Morgan fingerprint density at radius 1 is 1.16 bits per heavy atom. The molecule has 2 aromatic carbocycles. The summed E-state index contributed by atoms with van der Waals surface area (Å²) >= 11 is 1.51. The number of nitrogen functional groups attached to an aromatic ring is 1. The molecule has 5 N–H and O–H groups in total. The highest BCUT2D eigenvalue weighted by atomic mass is 32.1. The number of benzene rings is 2. The summed E-state index contributed by atoms with van der Waals surface area (Å²) in [6.07, 6.45) is -0.867. The third kappa shape index (κ3) is 5.41. The summed E-state index contributed by atoms with van der Waals surface area (Å²) in [5, 5.41) is 10.7. The lowest BCUT2D eigenvalue weighted by molar-refractivity contribution is -0.137. The van der Waals surface area contributed by atoms with Gasteiger partial charge in [0.05, 0.1) is 27.6 Å². The summed E-state index contributed by atoms with van der Waals surface area (Å²) in [6.45, 7) is 0.965. The molecule has 4 aromatic rings. The molecule has 11 heteroatoms. The Bertz CT molecular complexity index is 1560. The van der Waals surface area contributed by atoms with Crippen molar-refractivity contribution < 1.29 is 22.4 Å². The molecular formula is C27H21F4N5OS. The van der Waals surface area contributed by atoms with Crippen molar-refractivity contribution in [3.05, 3.63) is 71.0 Å². The predicted molar refractivity (Wildman–Crippen MR) is 141 cm³/mol. The molecule has 5 rings (SSSR count). The minimum absolute atomic E-state index is 0.171. The van der Waals surface area contributed by atoms with Crippen LogP contribution >= 0.6 is 11.3 Å². The van der Waals surface area contributed by atoms with Crippen LogP contribution in [-0.2, 0) is 6.18 Å². The first-order valence-electron chi connectivity index (χ1n) is 11.6. The Kier molecular flexibility index (Phi) is 6.93. The molecule has 1 aliphatic rings. The molecule has 6 nitrogen and oxygen atoms in total.